The van der Waals surface area contributed by atoms with Crippen molar-refractivity contribution in [2.45, 2.75) is 84.8 Å². The first-order valence-corrected chi connectivity index (χ1v) is 8.38. The minimum absolute atomic E-state index is 0.366. The van der Waals surface area contributed by atoms with Crippen LogP contribution < -0.4 is 5.32 Å². The Morgan fingerprint density at radius 1 is 1.05 bits per heavy atom. The van der Waals surface area contributed by atoms with Gasteiger partial charge in [-0.3, -0.25) is 4.90 Å². The highest BCUT2D eigenvalue weighted by Gasteiger charge is 2.38. The smallest absolute Gasteiger partial charge is 0.0252 e. The molecule has 2 atom stereocenters. The highest BCUT2D eigenvalue weighted by atomic mass is 15.3. The fourth-order valence-corrected chi connectivity index (χ4v) is 3.92. The van der Waals surface area contributed by atoms with E-state index in [1.165, 1.54) is 45.2 Å². The highest BCUT2D eigenvalue weighted by Crippen LogP contribution is 2.33. The maximum Gasteiger partial charge on any atom is 0.0252 e. The number of nitrogens with one attached hydrogen (secondary N) is 1. The lowest BCUT2D eigenvalue weighted by Crippen LogP contribution is -2.63. The van der Waals surface area contributed by atoms with Gasteiger partial charge in [0.15, 0.2) is 0 Å². The number of piperazine rings is 1. The summed E-state index contributed by atoms with van der Waals surface area (Å²) in [4.78, 5) is 2.79. The largest absolute Gasteiger partial charge is 0.311 e. The molecular formula is C17H34N2. The maximum atomic E-state index is 3.85. The predicted octanol–water partition coefficient (Wildman–Crippen LogP) is 3.66. The Bertz CT molecular complexity index is 273. The summed E-state index contributed by atoms with van der Waals surface area (Å²) in [5.41, 5.74) is 0.366. The van der Waals surface area contributed by atoms with E-state index in [1.54, 1.807) is 0 Å². The van der Waals surface area contributed by atoms with Crippen LogP contribution in [0.1, 0.15) is 66.7 Å². The summed E-state index contributed by atoms with van der Waals surface area (Å²) in [6, 6.07) is 2.09. The summed E-state index contributed by atoms with van der Waals surface area (Å²) < 4.78 is 0. The topological polar surface area (TPSA) is 15.3 Å². The molecule has 0 aromatic rings. The van der Waals surface area contributed by atoms with E-state index in [-0.39, 0.29) is 0 Å². The molecule has 2 nitrogen and oxygen atoms in total. The molecule has 0 amide bonds. The van der Waals surface area contributed by atoms with Crippen molar-refractivity contribution in [3.8, 4) is 0 Å². The van der Waals surface area contributed by atoms with Gasteiger partial charge in [0.2, 0.25) is 0 Å². The Hall–Kier alpha value is -0.0800. The Kier molecular flexibility index (Phi) is 4.94. The summed E-state index contributed by atoms with van der Waals surface area (Å²) in [5.74, 6) is 0.935. The Balaban J connectivity index is 2.04. The molecule has 2 aliphatic rings. The van der Waals surface area contributed by atoms with Crippen LogP contribution in [0.2, 0.25) is 0 Å². The lowest BCUT2D eigenvalue weighted by Gasteiger charge is -2.50. The third-order valence-electron chi connectivity index (χ3n) is 5.30. The third-order valence-corrected chi connectivity index (χ3v) is 5.30. The summed E-state index contributed by atoms with van der Waals surface area (Å²) in [6.45, 7) is 14.3. The van der Waals surface area contributed by atoms with Crippen molar-refractivity contribution in [2.75, 3.05) is 13.1 Å². The van der Waals surface area contributed by atoms with Crippen LogP contribution in [-0.2, 0) is 0 Å². The SMILES string of the molecule is CC(C)N1CC(C(C)(C)C)NCC1C1CCCCC1. The van der Waals surface area contributed by atoms with E-state index in [0.717, 1.165) is 12.0 Å². The fraction of sp³-hybridized carbons (Fsp3) is 1.00. The molecule has 0 aromatic heterocycles. The predicted molar refractivity (Wildman–Crippen MR) is 83.5 cm³/mol. The average molecular weight is 266 g/mol. The lowest BCUT2D eigenvalue weighted by atomic mass is 9.79. The maximum absolute atomic E-state index is 3.85. The molecule has 2 heteroatoms. The van der Waals surface area contributed by atoms with Crippen molar-refractivity contribution >= 4 is 0 Å². The highest BCUT2D eigenvalue weighted by molar-refractivity contribution is 4.95. The van der Waals surface area contributed by atoms with Crippen LogP contribution in [0.15, 0.2) is 0 Å². The quantitative estimate of drug-likeness (QED) is 0.820. The second kappa shape index (κ2) is 6.13. The van der Waals surface area contributed by atoms with Gasteiger partial charge in [0, 0.05) is 31.2 Å². The molecule has 2 rings (SSSR count). The van der Waals surface area contributed by atoms with Gasteiger partial charge < -0.3 is 5.32 Å². The molecule has 2 fully saturated rings. The van der Waals surface area contributed by atoms with Crippen LogP contribution in [-0.4, -0.2) is 36.1 Å². The normalized spacial score (nSPS) is 31.9. The molecule has 1 aliphatic carbocycles. The van der Waals surface area contributed by atoms with E-state index in [9.17, 15) is 0 Å². The summed E-state index contributed by atoms with van der Waals surface area (Å²) in [6.07, 6.45) is 7.28. The fourth-order valence-electron chi connectivity index (χ4n) is 3.92. The van der Waals surface area contributed by atoms with Crippen molar-refractivity contribution in [1.29, 1.82) is 0 Å². The van der Waals surface area contributed by atoms with Gasteiger partial charge in [-0.15, -0.1) is 0 Å². The molecule has 1 aliphatic heterocycles. The Morgan fingerprint density at radius 2 is 1.68 bits per heavy atom. The van der Waals surface area contributed by atoms with Crippen LogP contribution in [0.4, 0.5) is 0 Å². The summed E-state index contributed by atoms with van der Waals surface area (Å²) in [5, 5.41) is 3.85. The van der Waals surface area contributed by atoms with Crippen LogP contribution in [0, 0.1) is 11.3 Å². The molecular weight excluding hydrogens is 232 g/mol. The number of nitrogens with zero attached hydrogens (tertiary/aromatic N) is 1. The zero-order chi connectivity index (χ0) is 14.0. The Morgan fingerprint density at radius 3 is 2.21 bits per heavy atom. The average Bonchev–Trinajstić information content (AvgIpc) is 2.38. The molecule has 0 radical (unpaired) electrons. The minimum Gasteiger partial charge on any atom is -0.311 e. The van der Waals surface area contributed by atoms with E-state index in [4.69, 9.17) is 0 Å². The number of hydrogen-bond acceptors (Lipinski definition) is 2. The van der Waals surface area contributed by atoms with Gasteiger partial charge in [-0.2, -0.15) is 0 Å². The first kappa shape index (κ1) is 15.3. The summed E-state index contributed by atoms with van der Waals surface area (Å²) in [7, 11) is 0. The Labute approximate surface area is 120 Å². The van der Waals surface area contributed by atoms with Gasteiger partial charge in [-0.25, -0.2) is 0 Å². The van der Waals surface area contributed by atoms with E-state index in [2.05, 4.69) is 44.8 Å². The van der Waals surface area contributed by atoms with Crippen molar-refractivity contribution in [3.63, 3.8) is 0 Å². The van der Waals surface area contributed by atoms with Crippen molar-refractivity contribution in [3.05, 3.63) is 0 Å². The molecule has 0 aromatic carbocycles. The number of rotatable bonds is 2. The second-order valence-corrected chi connectivity index (χ2v) is 8.08. The molecule has 112 valence electrons. The monoisotopic (exact) mass is 266 g/mol. The third kappa shape index (κ3) is 3.72. The molecule has 19 heavy (non-hydrogen) atoms. The van der Waals surface area contributed by atoms with Gasteiger partial charge in [-0.05, 0) is 38.0 Å². The van der Waals surface area contributed by atoms with Crippen molar-refractivity contribution in [1.82, 2.24) is 10.2 Å². The van der Waals surface area contributed by atoms with Crippen LogP contribution in [0.25, 0.3) is 0 Å². The first-order chi connectivity index (χ1) is 8.89. The minimum atomic E-state index is 0.366. The molecule has 1 heterocycles. The molecule has 1 N–H and O–H groups in total. The van der Waals surface area contributed by atoms with Gasteiger partial charge in [0.05, 0.1) is 0 Å². The zero-order valence-corrected chi connectivity index (χ0v) is 13.7. The molecule has 0 spiro atoms. The van der Waals surface area contributed by atoms with E-state index in [0.29, 0.717) is 17.5 Å². The molecule has 0 bridgehead atoms. The first-order valence-electron chi connectivity index (χ1n) is 8.38. The lowest BCUT2D eigenvalue weighted by molar-refractivity contribution is 0.0231. The van der Waals surface area contributed by atoms with Crippen LogP contribution in [0.3, 0.4) is 0 Å². The van der Waals surface area contributed by atoms with Crippen molar-refractivity contribution < 1.29 is 0 Å². The second-order valence-electron chi connectivity index (χ2n) is 8.08. The van der Waals surface area contributed by atoms with Crippen LogP contribution in [0.5, 0.6) is 0 Å². The van der Waals surface area contributed by atoms with E-state index in [1.807, 2.05) is 0 Å². The molecule has 1 saturated heterocycles. The molecule has 2 unspecified atom stereocenters. The number of hydrogen-bond donors (Lipinski definition) is 1. The van der Waals surface area contributed by atoms with Gasteiger partial charge in [0.1, 0.15) is 0 Å². The van der Waals surface area contributed by atoms with Gasteiger partial charge in [0.25, 0.3) is 0 Å². The molecule has 1 saturated carbocycles. The van der Waals surface area contributed by atoms with Crippen molar-refractivity contribution in [2.24, 2.45) is 11.3 Å². The summed E-state index contributed by atoms with van der Waals surface area (Å²) >= 11 is 0. The van der Waals surface area contributed by atoms with E-state index >= 15 is 0 Å². The standard InChI is InChI=1S/C17H34N2/c1-13(2)19-12-16(17(3,4)5)18-11-15(19)14-9-7-6-8-10-14/h13-16,18H,6-12H2,1-5H3. The van der Waals surface area contributed by atoms with Crippen LogP contribution >= 0.6 is 0 Å². The zero-order valence-electron chi connectivity index (χ0n) is 13.7. The van der Waals surface area contributed by atoms with Gasteiger partial charge >= 0.3 is 0 Å². The van der Waals surface area contributed by atoms with Gasteiger partial charge in [-0.1, -0.05) is 40.0 Å². The van der Waals surface area contributed by atoms with E-state index < -0.39 is 0 Å².